The number of carbonyl (C=O) groups excluding carboxylic acids is 1. The minimum atomic E-state index is 0.0677. The number of rotatable bonds is 2. The second-order valence-electron chi connectivity index (χ2n) is 1.98. The Morgan fingerprint density at radius 3 is 2.75 bits per heavy atom. The first-order valence-electron chi connectivity index (χ1n) is 3.04. The van der Waals surface area contributed by atoms with Crippen molar-refractivity contribution in [2.75, 3.05) is 7.11 Å². The van der Waals surface area contributed by atoms with Gasteiger partial charge in [0, 0.05) is 11.6 Å². The van der Waals surface area contributed by atoms with Crippen molar-refractivity contribution in [3.05, 3.63) is 21.8 Å². The number of hydrogen-bond donors (Lipinski definition) is 0. The van der Waals surface area contributed by atoms with Crippen LogP contribution in [0.4, 0.5) is 0 Å². The van der Waals surface area contributed by atoms with Crippen LogP contribution in [-0.4, -0.2) is 18.4 Å². The predicted molar refractivity (Wildman–Crippen MR) is 46.2 cm³/mol. The Morgan fingerprint density at radius 1 is 1.58 bits per heavy atom. The van der Waals surface area contributed by atoms with Crippen LogP contribution >= 0.6 is 23.2 Å². The molecule has 12 heavy (non-hydrogen) atoms. The van der Waals surface area contributed by atoms with Crippen LogP contribution in [0.1, 0.15) is 10.4 Å². The molecule has 0 aliphatic rings. The molecule has 0 aliphatic carbocycles. The van der Waals surface area contributed by atoms with Crippen molar-refractivity contribution in [3.63, 3.8) is 0 Å². The summed E-state index contributed by atoms with van der Waals surface area (Å²) in [7, 11) is 1.43. The molecule has 5 heteroatoms. The lowest BCUT2D eigenvalue weighted by atomic mass is 10.3. The first-order chi connectivity index (χ1) is 5.69. The zero-order chi connectivity index (χ0) is 9.14. The molecule has 1 aromatic rings. The third-order valence-electron chi connectivity index (χ3n) is 1.26. The van der Waals surface area contributed by atoms with Crippen molar-refractivity contribution >= 4 is 29.5 Å². The van der Waals surface area contributed by atoms with Crippen LogP contribution in [0.3, 0.4) is 0 Å². The normalized spacial score (nSPS) is 9.58. The van der Waals surface area contributed by atoms with Gasteiger partial charge in [-0.3, -0.25) is 4.79 Å². The summed E-state index contributed by atoms with van der Waals surface area (Å²) in [6.45, 7) is 0. The highest BCUT2D eigenvalue weighted by Gasteiger charge is 2.08. The van der Waals surface area contributed by atoms with Gasteiger partial charge in [-0.15, -0.1) is 0 Å². The molecular formula is C7H5Cl2NO2. The monoisotopic (exact) mass is 205 g/mol. The molecule has 0 radical (unpaired) electrons. The minimum absolute atomic E-state index is 0.0677. The van der Waals surface area contributed by atoms with E-state index in [0.717, 1.165) is 0 Å². The molecule has 0 aliphatic heterocycles. The number of hydrogen-bond acceptors (Lipinski definition) is 3. The van der Waals surface area contributed by atoms with E-state index in [1.165, 1.54) is 13.2 Å². The Bertz CT molecular complexity index is 315. The number of pyridine rings is 1. The summed E-state index contributed by atoms with van der Waals surface area (Å²) >= 11 is 11.2. The summed E-state index contributed by atoms with van der Waals surface area (Å²) in [4.78, 5) is 14.2. The van der Waals surface area contributed by atoms with Crippen LogP contribution in [-0.2, 0) is 0 Å². The number of nitrogens with zero attached hydrogens (tertiary/aromatic N) is 1. The third kappa shape index (κ3) is 1.68. The van der Waals surface area contributed by atoms with E-state index < -0.39 is 0 Å². The average Bonchev–Trinajstić information content (AvgIpc) is 2.09. The van der Waals surface area contributed by atoms with E-state index in [1.807, 2.05) is 0 Å². The standard InChI is InChI=1S/C7H5Cl2NO2/c1-12-5-2-4(3-11)6(8)7(9)10-5/h2-3H,1H3. The maximum atomic E-state index is 10.4. The smallest absolute Gasteiger partial charge is 0.215 e. The van der Waals surface area contributed by atoms with Gasteiger partial charge in [0.2, 0.25) is 5.88 Å². The van der Waals surface area contributed by atoms with Crippen LogP contribution < -0.4 is 4.74 Å². The van der Waals surface area contributed by atoms with E-state index in [1.54, 1.807) is 0 Å². The van der Waals surface area contributed by atoms with Gasteiger partial charge in [-0.25, -0.2) is 0 Å². The van der Waals surface area contributed by atoms with Gasteiger partial charge >= 0.3 is 0 Å². The van der Waals surface area contributed by atoms with Gasteiger partial charge < -0.3 is 4.74 Å². The number of ether oxygens (including phenoxy) is 1. The van der Waals surface area contributed by atoms with Gasteiger partial charge in [-0.2, -0.15) is 4.98 Å². The fraction of sp³-hybridized carbons (Fsp3) is 0.143. The number of aromatic nitrogens is 1. The number of carbonyl (C=O) groups is 1. The molecule has 0 bridgehead atoms. The molecule has 3 nitrogen and oxygen atoms in total. The summed E-state index contributed by atoms with van der Waals surface area (Å²) in [5.41, 5.74) is 0.272. The van der Waals surface area contributed by atoms with Crippen molar-refractivity contribution in [3.8, 4) is 5.88 Å². The molecule has 0 saturated heterocycles. The predicted octanol–water partition coefficient (Wildman–Crippen LogP) is 2.21. The lowest BCUT2D eigenvalue weighted by Crippen LogP contribution is -1.92. The highest BCUT2D eigenvalue weighted by atomic mass is 35.5. The molecule has 0 aromatic carbocycles. The van der Waals surface area contributed by atoms with Crippen molar-refractivity contribution in [2.45, 2.75) is 0 Å². The van der Waals surface area contributed by atoms with Gasteiger partial charge in [0.05, 0.1) is 12.1 Å². The van der Waals surface area contributed by atoms with E-state index in [0.29, 0.717) is 6.29 Å². The average molecular weight is 206 g/mol. The largest absolute Gasteiger partial charge is 0.481 e. The van der Waals surface area contributed by atoms with E-state index >= 15 is 0 Å². The van der Waals surface area contributed by atoms with Crippen LogP contribution in [0.25, 0.3) is 0 Å². The molecule has 0 atom stereocenters. The second kappa shape index (κ2) is 3.74. The molecule has 0 unspecified atom stereocenters. The van der Waals surface area contributed by atoms with Crippen LogP contribution in [0, 0.1) is 0 Å². The molecule has 0 fully saturated rings. The maximum absolute atomic E-state index is 10.4. The Labute approximate surface area is 79.3 Å². The summed E-state index contributed by atoms with van der Waals surface area (Å²) in [6, 6.07) is 1.42. The Kier molecular flexibility index (Phi) is 2.89. The first kappa shape index (κ1) is 9.29. The van der Waals surface area contributed by atoms with Gasteiger partial charge in [0.25, 0.3) is 0 Å². The van der Waals surface area contributed by atoms with Crippen LogP contribution in [0.2, 0.25) is 10.2 Å². The molecule has 0 N–H and O–H groups in total. The van der Waals surface area contributed by atoms with Gasteiger partial charge in [0.15, 0.2) is 11.4 Å². The summed E-state index contributed by atoms with van der Waals surface area (Å²) in [5, 5.41) is 0.214. The third-order valence-corrected chi connectivity index (χ3v) is 2.03. The molecule has 0 amide bonds. The topological polar surface area (TPSA) is 39.2 Å². The van der Waals surface area contributed by atoms with Crippen molar-refractivity contribution in [2.24, 2.45) is 0 Å². The quantitative estimate of drug-likeness (QED) is 0.550. The number of aldehydes is 1. The fourth-order valence-electron chi connectivity index (χ4n) is 0.684. The Balaban J connectivity index is 3.28. The zero-order valence-electron chi connectivity index (χ0n) is 6.17. The highest BCUT2D eigenvalue weighted by Crippen LogP contribution is 2.26. The highest BCUT2D eigenvalue weighted by molar-refractivity contribution is 6.42. The van der Waals surface area contributed by atoms with Crippen molar-refractivity contribution in [1.82, 2.24) is 4.98 Å². The van der Waals surface area contributed by atoms with Crippen LogP contribution in [0.15, 0.2) is 6.07 Å². The summed E-state index contributed by atoms with van der Waals surface area (Å²) in [6.07, 6.45) is 0.596. The lowest BCUT2D eigenvalue weighted by Gasteiger charge is -2.02. The molecular weight excluding hydrogens is 201 g/mol. The van der Waals surface area contributed by atoms with Gasteiger partial charge in [-0.1, -0.05) is 23.2 Å². The second-order valence-corrected chi connectivity index (χ2v) is 2.71. The lowest BCUT2D eigenvalue weighted by molar-refractivity contribution is 0.112. The molecule has 0 spiro atoms. The number of methoxy groups -OCH3 is 1. The maximum Gasteiger partial charge on any atom is 0.215 e. The molecule has 1 heterocycles. The SMILES string of the molecule is COc1cc(C=O)c(Cl)c(Cl)n1. The van der Waals surface area contributed by atoms with Gasteiger partial charge in [0.1, 0.15) is 0 Å². The van der Waals surface area contributed by atoms with E-state index in [4.69, 9.17) is 27.9 Å². The molecule has 1 aromatic heterocycles. The minimum Gasteiger partial charge on any atom is -0.481 e. The van der Waals surface area contributed by atoms with E-state index in [9.17, 15) is 4.79 Å². The number of halogens is 2. The fourth-order valence-corrected chi connectivity index (χ4v) is 1.02. The first-order valence-corrected chi connectivity index (χ1v) is 3.80. The molecule has 0 saturated carbocycles. The van der Waals surface area contributed by atoms with Gasteiger partial charge in [-0.05, 0) is 0 Å². The molecule has 1 rings (SSSR count). The molecule has 64 valence electrons. The Morgan fingerprint density at radius 2 is 2.25 bits per heavy atom. The van der Waals surface area contributed by atoms with E-state index in [-0.39, 0.29) is 21.6 Å². The summed E-state index contributed by atoms with van der Waals surface area (Å²) in [5.74, 6) is 0.270. The van der Waals surface area contributed by atoms with Crippen molar-refractivity contribution in [1.29, 1.82) is 0 Å². The Hall–Kier alpha value is -0.800. The zero-order valence-corrected chi connectivity index (χ0v) is 7.69. The van der Waals surface area contributed by atoms with Crippen LogP contribution in [0.5, 0.6) is 5.88 Å². The van der Waals surface area contributed by atoms with Crippen molar-refractivity contribution < 1.29 is 9.53 Å². The van der Waals surface area contributed by atoms with E-state index in [2.05, 4.69) is 4.98 Å². The summed E-state index contributed by atoms with van der Waals surface area (Å²) < 4.78 is 4.78.